The van der Waals surface area contributed by atoms with Crippen LogP contribution < -0.4 is 5.73 Å². The number of nitrogens with zero attached hydrogens (tertiary/aromatic N) is 1. The van der Waals surface area contributed by atoms with Crippen molar-refractivity contribution in [1.29, 1.82) is 0 Å². The molecule has 2 aliphatic carbocycles. The zero-order valence-corrected chi connectivity index (χ0v) is 10.3. The fourth-order valence-corrected chi connectivity index (χ4v) is 3.49. The molecule has 0 aromatic carbocycles. The van der Waals surface area contributed by atoms with Crippen LogP contribution in [0.3, 0.4) is 0 Å². The molecular weight excluding hydrogens is 184 g/mol. The lowest BCUT2D eigenvalue weighted by Crippen LogP contribution is -2.53. The van der Waals surface area contributed by atoms with E-state index in [4.69, 9.17) is 5.73 Å². The Balaban J connectivity index is 2.06. The molecule has 0 radical (unpaired) electrons. The number of likely N-dealkylation sites (N-methyl/N-ethyl adjacent to an activating group) is 1. The number of rotatable bonds is 5. The smallest absolute Gasteiger partial charge is 0.0337 e. The van der Waals surface area contributed by atoms with Crippen LogP contribution in [0.1, 0.15) is 52.4 Å². The Labute approximate surface area is 94.2 Å². The van der Waals surface area contributed by atoms with Crippen LogP contribution in [0, 0.1) is 5.92 Å². The quantitative estimate of drug-likeness (QED) is 0.755. The van der Waals surface area contributed by atoms with Gasteiger partial charge in [-0.1, -0.05) is 20.3 Å². The Morgan fingerprint density at radius 3 is 2.40 bits per heavy atom. The molecule has 2 atom stereocenters. The molecule has 0 spiro atoms. The van der Waals surface area contributed by atoms with Crippen LogP contribution in [0.5, 0.6) is 0 Å². The summed E-state index contributed by atoms with van der Waals surface area (Å²) in [6, 6.07) is 0.870. The van der Waals surface area contributed by atoms with Gasteiger partial charge in [-0.3, -0.25) is 4.90 Å². The zero-order chi connectivity index (χ0) is 10.9. The molecule has 2 rings (SSSR count). The van der Waals surface area contributed by atoms with E-state index in [1.165, 1.54) is 45.1 Å². The maximum absolute atomic E-state index is 6.09. The van der Waals surface area contributed by atoms with Crippen LogP contribution in [0.4, 0.5) is 0 Å². The zero-order valence-electron chi connectivity index (χ0n) is 10.3. The fourth-order valence-electron chi connectivity index (χ4n) is 3.49. The first-order chi connectivity index (χ1) is 7.25. The Morgan fingerprint density at radius 1 is 1.27 bits per heavy atom. The first kappa shape index (κ1) is 11.4. The fraction of sp³-hybridized carbons (Fsp3) is 1.00. The highest BCUT2D eigenvalue weighted by molar-refractivity contribution is 5.03. The van der Waals surface area contributed by atoms with Gasteiger partial charge in [0.15, 0.2) is 0 Å². The van der Waals surface area contributed by atoms with Crippen LogP contribution in [0.25, 0.3) is 0 Å². The summed E-state index contributed by atoms with van der Waals surface area (Å²) >= 11 is 0. The largest absolute Gasteiger partial charge is 0.329 e. The minimum Gasteiger partial charge on any atom is -0.329 e. The van der Waals surface area contributed by atoms with Crippen molar-refractivity contribution in [2.45, 2.75) is 64.0 Å². The molecule has 0 heterocycles. The lowest BCUT2D eigenvalue weighted by molar-refractivity contribution is 0.0921. The molecule has 2 fully saturated rings. The first-order valence-electron chi connectivity index (χ1n) is 6.72. The lowest BCUT2D eigenvalue weighted by atomic mass is 9.92. The van der Waals surface area contributed by atoms with Crippen LogP contribution >= 0.6 is 0 Å². The van der Waals surface area contributed by atoms with Gasteiger partial charge in [0, 0.05) is 18.1 Å². The molecule has 0 aromatic heterocycles. The number of nitrogens with two attached hydrogens (primary N) is 1. The van der Waals surface area contributed by atoms with Gasteiger partial charge in [0.25, 0.3) is 0 Å². The van der Waals surface area contributed by atoms with Gasteiger partial charge in [-0.2, -0.15) is 0 Å². The Kier molecular flexibility index (Phi) is 3.36. The maximum atomic E-state index is 6.09. The van der Waals surface area contributed by atoms with Crippen molar-refractivity contribution in [2.24, 2.45) is 11.7 Å². The first-order valence-corrected chi connectivity index (χ1v) is 6.72. The predicted molar refractivity (Wildman–Crippen MR) is 64.8 cm³/mol. The van der Waals surface area contributed by atoms with Crippen molar-refractivity contribution >= 4 is 0 Å². The minimum absolute atomic E-state index is 0.372. The van der Waals surface area contributed by atoms with Crippen LogP contribution in [0.2, 0.25) is 0 Å². The molecular formula is C13H26N2. The Morgan fingerprint density at radius 2 is 2.00 bits per heavy atom. The maximum Gasteiger partial charge on any atom is 0.0337 e. The summed E-state index contributed by atoms with van der Waals surface area (Å²) in [6.45, 7) is 6.69. The van der Waals surface area contributed by atoms with E-state index >= 15 is 0 Å². The van der Waals surface area contributed by atoms with E-state index in [1.807, 2.05) is 0 Å². The summed E-state index contributed by atoms with van der Waals surface area (Å²) < 4.78 is 0. The van der Waals surface area contributed by atoms with E-state index in [-0.39, 0.29) is 0 Å². The average Bonchev–Trinajstić information content (AvgIpc) is 2.99. The molecule has 2 saturated carbocycles. The van der Waals surface area contributed by atoms with Gasteiger partial charge in [-0.05, 0) is 44.6 Å². The number of hydrogen-bond acceptors (Lipinski definition) is 2. The van der Waals surface area contributed by atoms with E-state index in [2.05, 4.69) is 18.7 Å². The van der Waals surface area contributed by atoms with E-state index in [0.29, 0.717) is 5.54 Å². The second-order valence-corrected chi connectivity index (χ2v) is 5.46. The van der Waals surface area contributed by atoms with E-state index < -0.39 is 0 Å². The van der Waals surface area contributed by atoms with Crippen molar-refractivity contribution in [3.05, 3.63) is 0 Å². The SMILES string of the molecule is CCC1CCC(CN)(N(CC)C2CC2)C1. The summed E-state index contributed by atoms with van der Waals surface area (Å²) in [7, 11) is 0. The summed E-state index contributed by atoms with van der Waals surface area (Å²) in [5, 5.41) is 0. The summed E-state index contributed by atoms with van der Waals surface area (Å²) in [5.74, 6) is 0.932. The Hall–Kier alpha value is -0.0800. The van der Waals surface area contributed by atoms with Gasteiger partial charge >= 0.3 is 0 Å². The highest BCUT2D eigenvalue weighted by atomic mass is 15.3. The number of hydrogen-bond donors (Lipinski definition) is 1. The third kappa shape index (κ3) is 2.07. The van der Waals surface area contributed by atoms with E-state index in [1.54, 1.807) is 0 Å². The van der Waals surface area contributed by atoms with E-state index in [9.17, 15) is 0 Å². The van der Waals surface area contributed by atoms with Crippen LogP contribution in [-0.2, 0) is 0 Å². The second kappa shape index (κ2) is 4.42. The molecule has 15 heavy (non-hydrogen) atoms. The second-order valence-electron chi connectivity index (χ2n) is 5.46. The van der Waals surface area contributed by atoms with Crippen molar-refractivity contribution < 1.29 is 0 Å². The van der Waals surface area contributed by atoms with E-state index in [0.717, 1.165) is 18.5 Å². The van der Waals surface area contributed by atoms with Gasteiger partial charge in [-0.15, -0.1) is 0 Å². The molecule has 0 bridgehead atoms. The third-order valence-electron chi connectivity index (χ3n) is 4.58. The monoisotopic (exact) mass is 210 g/mol. The predicted octanol–water partition coefficient (Wildman–Crippen LogP) is 2.38. The van der Waals surface area contributed by atoms with Crippen LogP contribution in [0.15, 0.2) is 0 Å². The molecule has 2 aliphatic rings. The topological polar surface area (TPSA) is 29.3 Å². The molecule has 88 valence electrons. The molecule has 0 amide bonds. The molecule has 2 N–H and O–H groups in total. The molecule has 0 aromatic rings. The third-order valence-corrected chi connectivity index (χ3v) is 4.58. The Bertz CT molecular complexity index is 213. The molecule has 2 unspecified atom stereocenters. The summed E-state index contributed by atoms with van der Waals surface area (Å²) in [6.07, 6.45) is 8.25. The normalized spacial score (nSPS) is 36.4. The van der Waals surface area contributed by atoms with Gasteiger partial charge in [0.1, 0.15) is 0 Å². The lowest BCUT2D eigenvalue weighted by Gasteiger charge is -2.41. The molecule has 0 aliphatic heterocycles. The molecule has 2 nitrogen and oxygen atoms in total. The minimum atomic E-state index is 0.372. The van der Waals surface area contributed by atoms with Crippen molar-refractivity contribution in [1.82, 2.24) is 4.90 Å². The van der Waals surface area contributed by atoms with Gasteiger partial charge in [-0.25, -0.2) is 0 Å². The standard InChI is InChI=1S/C13H26N2/c1-3-11-7-8-13(9-11,10-14)15(4-2)12-5-6-12/h11-12H,3-10,14H2,1-2H3. The van der Waals surface area contributed by atoms with Gasteiger partial charge < -0.3 is 5.73 Å². The average molecular weight is 210 g/mol. The van der Waals surface area contributed by atoms with Crippen molar-refractivity contribution in [3.63, 3.8) is 0 Å². The molecule has 2 heteroatoms. The highest BCUT2D eigenvalue weighted by Crippen LogP contribution is 2.44. The van der Waals surface area contributed by atoms with Crippen molar-refractivity contribution in [2.75, 3.05) is 13.1 Å². The van der Waals surface area contributed by atoms with Gasteiger partial charge in [0.2, 0.25) is 0 Å². The van der Waals surface area contributed by atoms with Crippen molar-refractivity contribution in [3.8, 4) is 0 Å². The summed E-state index contributed by atoms with van der Waals surface area (Å²) in [4.78, 5) is 2.72. The highest BCUT2D eigenvalue weighted by Gasteiger charge is 2.46. The van der Waals surface area contributed by atoms with Crippen LogP contribution in [-0.4, -0.2) is 29.6 Å². The van der Waals surface area contributed by atoms with Gasteiger partial charge in [0.05, 0.1) is 0 Å². The molecule has 0 saturated heterocycles. The summed E-state index contributed by atoms with van der Waals surface area (Å²) in [5.41, 5.74) is 6.46.